The number of nitrogen functional groups attached to an aromatic ring is 1. The molecule has 0 fully saturated rings. The van der Waals surface area contributed by atoms with Gasteiger partial charge in [-0.1, -0.05) is 37.3 Å². The Morgan fingerprint density at radius 2 is 1.87 bits per heavy atom. The van der Waals surface area contributed by atoms with Gasteiger partial charge in [-0.05, 0) is 31.5 Å². The fourth-order valence-electron chi connectivity index (χ4n) is 2.41. The van der Waals surface area contributed by atoms with E-state index in [1.807, 2.05) is 36.4 Å². The van der Waals surface area contributed by atoms with E-state index in [4.69, 9.17) is 15.5 Å². The third kappa shape index (κ3) is 3.37. The maximum absolute atomic E-state index is 6.11. The summed E-state index contributed by atoms with van der Waals surface area (Å²) in [5.41, 5.74) is 9.97. The zero-order chi connectivity index (χ0) is 16.2. The van der Waals surface area contributed by atoms with Gasteiger partial charge in [0.05, 0.1) is 18.0 Å². The van der Waals surface area contributed by atoms with Gasteiger partial charge < -0.3 is 10.5 Å². The molecule has 1 aromatic heterocycles. The number of nitrogens with two attached hydrogens (primary N) is 1. The molecular weight excluding hydrogens is 304 g/mol. The maximum atomic E-state index is 6.11. The molecule has 0 atom stereocenters. The first-order valence-corrected chi connectivity index (χ1v) is 8.56. The standard InChI is InChI=1S/C19H20N2OS/c1-3-11-22-17-10-9-15(12-16(17)20)19-21-18(13(2)23-19)14-7-5-4-6-8-14/h4-10,12H,3,11,20H2,1-2H3. The predicted octanol–water partition coefficient (Wildman–Crippen LogP) is 5.16. The van der Waals surface area contributed by atoms with Gasteiger partial charge in [0.25, 0.3) is 0 Å². The molecule has 0 aliphatic carbocycles. The van der Waals surface area contributed by atoms with Crippen molar-refractivity contribution in [1.82, 2.24) is 4.98 Å². The fourth-order valence-corrected chi connectivity index (χ4v) is 3.34. The van der Waals surface area contributed by atoms with Gasteiger partial charge in [0.2, 0.25) is 0 Å². The number of rotatable bonds is 5. The van der Waals surface area contributed by atoms with Gasteiger partial charge in [-0.25, -0.2) is 4.98 Å². The highest BCUT2D eigenvalue weighted by atomic mass is 32.1. The van der Waals surface area contributed by atoms with Crippen LogP contribution in [-0.2, 0) is 0 Å². The maximum Gasteiger partial charge on any atom is 0.142 e. The molecule has 4 heteroatoms. The summed E-state index contributed by atoms with van der Waals surface area (Å²) in [5, 5.41) is 0.982. The van der Waals surface area contributed by atoms with Crippen LogP contribution < -0.4 is 10.5 Å². The third-order valence-electron chi connectivity index (χ3n) is 3.56. The van der Waals surface area contributed by atoms with Gasteiger partial charge in [0.1, 0.15) is 10.8 Å². The quantitative estimate of drug-likeness (QED) is 0.660. The lowest BCUT2D eigenvalue weighted by molar-refractivity contribution is 0.319. The summed E-state index contributed by atoms with van der Waals surface area (Å²) in [5.74, 6) is 0.743. The molecule has 3 rings (SSSR count). The largest absolute Gasteiger partial charge is 0.491 e. The Bertz CT molecular complexity index is 796. The molecule has 2 aromatic carbocycles. The predicted molar refractivity (Wildman–Crippen MR) is 97.9 cm³/mol. The van der Waals surface area contributed by atoms with Gasteiger partial charge in [0.15, 0.2) is 0 Å². The van der Waals surface area contributed by atoms with Crippen molar-refractivity contribution in [3.05, 3.63) is 53.4 Å². The molecule has 3 nitrogen and oxygen atoms in total. The van der Waals surface area contributed by atoms with E-state index in [0.717, 1.165) is 34.0 Å². The fraction of sp³-hybridized carbons (Fsp3) is 0.211. The highest BCUT2D eigenvalue weighted by molar-refractivity contribution is 7.15. The molecule has 0 bridgehead atoms. The molecule has 0 aliphatic rings. The van der Waals surface area contributed by atoms with E-state index in [0.29, 0.717) is 12.3 Å². The molecule has 0 radical (unpaired) electrons. The molecule has 0 amide bonds. The second-order valence-electron chi connectivity index (χ2n) is 5.39. The van der Waals surface area contributed by atoms with Crippen LogP contribution in [0.2, 0.25) is 0 Å². The van der Waals surface area contributed by atoms with Crippen LogP contribution in [0.4, 0.5) is 5.69 Å². The molecule has 3 aromatic rings. The van der Waals surface area contributed by atoms with Crippen molar-refractivity contribution >= 4 is 17.0 Å². The Kier molecular flexibility index (Phi) is 4.63. The average molecular weight is 324 g/mol. The van der Waals surface area contributed by atoms with Crippen molar-refractivity contribution in [3.8, 4) is 27.6 Å². The number of thiazole rings is 1. The highest BCUT2D eigenvalue weighted by Gasteiger charge is 2.12. The van der Waals surface area contributed by atoms with Crippen LogP contribution in [-0.4, -0.2) is 11.6 Å². The molecule has 1 heterocycles. The minimum Gasteiger partial charge on any atom is -0.491 e. The van der Waals surface area contributed by atoms with Crippen molar-refractivity contribution in [2.24, 2.45) is 0 Å². The summed E-state index contributed by atoms with van der Waals surface area (Å²) in [4.78, 5) is 6.01. The second-order valence-corrected chi connectivity index (χ2v) is 6.59. The lowest BCUT2D eigenvalue weighted by atomic mass is 10.1. The molecule has 118 valence electrons. The van der Waals surface area contributed by atoms with Gasteiger partial charge in [-0.3, -0.25) is 0 Å². The number of benzene rings is 2. The first kappa shape index (κ1) is 15.6. The topological polar surface area (TPSA) is 48.1 Å². The van der Waals surface area contributed by atoms with Crippen LogP contribution in [0.3, 0.4) is 0 Å². The number of anilines is 1. The molecule has 0 saturated heterocycles. The Balaban J connectivity index is 1.92. The SMILES string of the molecule is CCCOc1ccc(-c2nc(-c3ccccc3)c(C)s2)cc1N. The van der Waals surface area contributed by atoms with E-state index < -0.39 is 0 Å². The number of hydrogen-bond donors (Lipinski definition) is 1. The van der Waals surface area contributed by atoms with Gasteiger partial charge in [0, 0.05) is 16.0 Å². The van der Waals surface area contributed by atoms with E-state index in [1.54, 1.807) is 11.3 Å². The van der Waals surface area contributed by atoms with Gasteiger partial charge in [-0.2, -0.15) is 0 Å². The number of ether oxygens (including phenoxy) is 1. The summed E-state index contributed by atoms with van der Waals surface area (Å²) in [6.45, 7) is 4.86. The van der Waals surface area contributed by atoms with Gasteiger partial charge in [-0.15, -0.1) is 11.3 Å². The number of hydrogen-bond acceptors (Lipinski definition) is 4. The molecule has 0 unspecified atom stereocenters. The van der Waals surface area contributed by atoms with Crippen LogP contribution >= 0.6 is 11.3 Å². The summed E-state index contributed by atoms with van der Waals surface area (Å²) in [6, 6.07) is 16.1. The van der Waals surface area contributed by atoms with Crippen LogP contribution in [0.1, 0.15) is 18.2 Å². The molecular formula is C19H20N2OS. The normalized spacial score (nSPS) is 10.7. The molecule has 0 aliphatic heterocycles. The smallest absolute Gasteiger partial charge is 0.142 e. The van der Waals surface area contributed by atoms with Crippen LogP contribution in [0.25, 0.3) is 21.8 Å². The monoisotopic (exact) mass is 324 g/mol. The first-order valence-electron chi connectivity index (χ1n) is 7.74. The zero-order valence-corrected chi connectivity index (χ0v) is 14.2. The Labute approximate surface area is 140 Å². The summed E-state index contributed by atoms with van der Waals surface area (Å²) >= 11 is 1.69. The second kappa shape index (κ2) is 6.84. The van der Waals surface area contributed by atoms with Gasteiger partial charge >= 0.3 is 0 Å². The van der Waals surface area contributed by atoms with Crippen molar-refractivity contribution in [3.63, 3.8) is 0 Å². The van der Waals surface area contributed by atoms with E-state index in [1.165, 1.54) is 4.88 Å². The van der Waals surface area contributed by atoms with Crippen molar-refractivity contribution in [1.29, 1.82) is 0 Å². The summed E-state index contributed by atoms with van der Waals surface area (Å²) in [7, 11) is 0. The molecule has 0 spiro atoms. The molecule has 2 N–H and O–H groups in total. The van der Waals surface area contributed by atoms with Crippen LogP contribution in [0, 0.1) is 6.92 Å². The lowest BCUT2D eigenvalue weighted by Crippen LogP contribution is -1.99. The third-order valence-corrected chi connectivity index (χ3v) is 4.58. The van der Waals surface area contributed by atoms with E-state index in [2.05, 4.69) is 26.0 Å². The first-order chi connectivity index (χ1) is 11.2. The molecule has 23 heavy (non-hydrogen) atoms. The number of aromatic nitrogens is 1. The number of aryl methyl sites for hydroxylation is 1. The highest BCUT2D eigenvalue weighted by Crippen LogP contribution is 2.35. The summed E-state index contributed by atoms with van der Waals surface area (Å²) in [6.07, 6.45) is 0.966. The lowest BCUT2D eigenvalue weighted by Gasteiger charge is -2.08. The minimum atomic E-state index is 0.657. The Morgan fingerprint density at radius 1 is 1.09 bits per heavy atom. The Hall–Kier alpha value is -2.33. The van der Waals surface area contributed by atoms with Crippen molar-refractivity contribution in [2.75, 3.05) is 12.3 Å². The van der Waals surface area contributed by atoms with Crippen molar-refractivity contribution < 1.29 is 4.74 Å². The van der Waals surface area contributed by atoms with Crippen molar-refractivity contribution in [2.45, 2.75) is 20.3 Å². The molecule has 0 saturated carbocycles. The van der Waals surface area contributed by atoms with E-state index in [-0.39, 0.29) is 0 Å². The van der Waals surface area contributed by atoms with Crippen LogP contribution in [0.5, 0.6) is 5.75 Å². The van der Waals surface area contributed by atoms with E-state index in [9.17, 15) is 0 Å². The number of nitrogens with zero attached hydrogens (tertiary/aromatic N) is 1. The Morgan fingerprint density at radius 3 is 2.57 bits per heavy atom. The summed E-state index contributed by atoms with van der Waals surface area (Å²) < 4.78 is 5.63. The van der Waals surface area contributed by atoms with Crippen LogP contribution in [0.15, 0.2) is 48.5 Å². The minimum absolute atomic E-state index is 0.657. The zero-order valence-electron chi connectivity index (χ0n) is 13.4. The van der Waals surface area contributed by atoms with E-state index >= 15 is 0 Å². The average Bonchev–Trinajstić information content (AvgIpc) is 2.96.